The molecule has 0 aliphatic heterocycles. The van der Waals surface area contributed by atoms with Crippen LogP contribution in [0.1, 0.15) is 32.1 Å². The number of hydrogen-bond donors (Lipinski definition) is 5. The number of phosphoric acid groups is 1. The Labute approximate surface area is 153 Å². The van der Waals surface area contributed by atoms with E-state index in [0.29, 0.717) is 19.4 Å². The van der Waals surface area contributed by atoms with Gasteiger partial charge in [0.1, 0.15) is 6.04 Å². The third kappa shape index (κ3) is 11.8. The zero-order chi connectivity index (χ0) is 20.0. The lowest BCUT2D eigenvalue weighted by atomic mass is 10.2. The van der Waals surface area contributed by atoms with Gasteiger partial charge in [0.2, 0.25) is 11.8 Å². The number of likely N-dealkylation sites (N-methyl/N-ethyl adjacent to an activating group) is 1. The van der Waals surface area contributed by atoms with Gasteiger partial charge in [0, 0.05) is 27.7 Å². The van der Waals surface area contributed by atoms with Crippen molar-refractivity contribution in [3.63, 3.8) is 0 Å². The maximum atomic E-state index is 11.8. The quantitative estimate of drug-likeness (QED) is 0.214. The molecule has 0 bridgehead atoms. The fourth-order valence-electron chi connectivity index (χ4n) is 1.90. The number of phosphoric ester groups is 1. The van der Waals surface area contributed by atoms with E-state index in [4.69, 9.17) is 4.89 Å². The molecule has 0 aromatic heterocycles. The van der Waals surface area contributed by atoms with Gasteiger partial charge >= 0.3 is 13.9 Å². The molecule has 152 valence electrons. The van der Waals surface area contributed by atoms with E-state index in [1.54, 1.807) is 0 Å². The van der Waals surface area contributed by atoms with Crippen LogP contribution < -0.4 is 21.3 Å². The summed E-state index contributed by atoms with van der Waals surface area (Å²) >= 11 is 0. The molecule has 0 saturated carbocycles. The zero-order valence-corrected chi connectivity index (χ0v) is 16.3. The molecule has 0 saturated heterocycles. The monoisotopic (exact) mass is 396 g/mol. The van der Waals surface area contributed by atoms with Crippen molar-refractivity contribution in [3.8, 4) is 0 Å². The minimum Gasteiger partial charge on any atom is -0.359 e. The Kier molecular flexibility index (Phi) is 12.6. The highest BCUT2D eigenvalue weighted by molar-refractivity contribution is 7.47. The van der Waals surface area contributed by atoms with Crippen LogP contribution >= 0.6 is 7.82 Å². The van der Waals surface area contributed by atoms with Crippen molar-refractivity contribution in [3.05, 3.63) is 0 Å². The van der Waals surface area contributed by atoms with Crippen LogP contribution in [0.5, 0.6) is 0 Å². The van der Waals surface area contributed by atoms with Crippen molar-refractivity contribution in [2.45, 2.75) is 38.1 Å². The van der Waals surface area contributed by atoms with Gasteiger partial charge in [-0.15, -0.1) is 0 Å². The summed E-state index contributed by atoms with van der Waals surface area (Å²) in [6.07, 6.45) is 2.66. The molecule has 0 heterocycles. The molecule has 2 atom stereocenters. The maximum absolute atomic E-state index is 11.8. The molecular weight excluding hydrogens is 367 g/mol. The van der Waals surface area contributed by atoms with Crippen LogP contribution in [0.3, 0.4) is 0 Å². The molecule has 12 heteroatoms. The van der Waals surface area contributed by atoms with Gasteiger partial charge in [-0.05, 0) is 12.8 Å². The number of urea groups is 1. The second kappa shape index (κ2) is 13.5. The first kappa shape index (κ1) is 24.3. The highest BCUT2D eigenvalue weighted by Gasteiger charge is 2.22. The number of carbonyl (C=O) groups excluding carboxylic acids is 3. The predicted molar refractivity (Wildman–Crippen MR) is 94.3 cm³/mol. The molecule has 11 nitrogen and oxygen atoms in total. The van der Waals surface area contributed by atoms with Crippen molar-refractivity contribution in [2.75, 3.05) is 34.4 Å². The predicted octanol–water partition coefficient (Wildman–Crippen LogP) is -0.140. The summed E-state index contributed by atoms with van der Waals surface area (Å²) in [6, 6.07) is -1.49. The van der Waals surface area contributed by atoms with Crippen LogP contribution in [-0.2, 0) is 23.2 Å². The Morgan fingerprint density at radius 1 is 1.08 bits per heavy atom. The number of amides is 4. The van der Waals surface area contributed by atoms with Gasteiger partial charge < -0.3 is 26.2 Å². The molecule has 0 fully saturated rings. The Bertz CT molecular complexity index is 504. The lowest BCUT2D eigenvalue weighted by molar-refractivity contribution is -0.127. The number of carbonyl (C=O) groups is 3. The Morgan fingerprint density at radius 2 is 1.73 bits per heavy atom. The van der Waals surface area contributed by atoms with Crippen LogP contribution in [0.2, 0.25) is 0 Å². The van der Waals surface area contributed by atoms with Gasteiger partial charge in [0.25, 0.3) is 0 Å². The van der Waals surface area contributed by atoms with Gasteiger partial charge in [-0.3, -0.25) is 18.6 Å². The summed E-state index contributed by atoms with van der Waals surface area (Å²) in [7, 11) is 0.0554. The van der Waals surface area contributed by atoms with E-state index in [0.717, 1.165) is 20.0 Å². The Balaban J connectivity index is 3.91. The minimum atomic E-state index is -3.91. The van der Waals surface area contributed by atoms with E-state index in [9.17, 15) is 18.9 Å². The lowest BCUT2D eigenvalue weighted by Crippen LogP contribution is -2.51. The van der Waals surface area contributed by atoms with E-state index in [1.807, 2.05) is 0 Å². The smallest absolute Gasteiger partial charge is 0.359 e. The first-order chi connectivity index (χ1) is 12.3. The summed E-state index contributed by atoms with van der Waals surface area (Å²) in [4.78, 5) is 43.9. The second-order valence-corrected chi connectivity index (χ2v) is 6.90. The highest BCUT2D eigenvalue weighted by atomic mass is 31.2. The van der Waals surface area contributed by atoms with Gasteiger partial charge in [0.15, 0.2) is 0 Å². The Morgan fingerprint density at radius 3 is 2.31 bits per heavy atom. The molecule has 0 aromatic rings. The summed E-state index contributed by atoms with van der Waals surface area (Å²) in [5, 5.41) is 9.85. The molecule has 4 amide bonds. The highest BCUT2D eigenvalue weighted by Crippen LogP contribution is 2.41. The largest absolute Gasteiger partial charge is 0.471 e. The average molecular weight is 396 g/mol. The first-order valence-electron chi connectivity index (χ1n) is 8.25. The number of rotatable bonds is 13. The molecule has 0 radical (unpaired) electrons. The van der Waals surface area contributed by atoms with Crippen LogP contribution in [0.15, 0.2) is 0 Å². The summed E-state index contributed by atoms with van der Waals surface area (Å²) < 4.78 is 20.0. The van der Waals surface area contributed by atoms with E-state index in [2.05, 4.69) is 30.3 Å². The zero-order valence-electron chi connectivity index (χ0n) is 15.4. The van der Waals surface area contributed by atoms with Gasteiger partial charge in [-0.25, -0.2) is 9.36 Å². The molecule has 26 heavy (non-hydrogen) atoms. The molecule has 0 spiro atoms. The van der Waals surface area contributed by atoms with Crippen molar-refractivity contribution in [2.24, 2.45) is 0 Å². The standard InChI is InChI=1S/C14H29N4O7P/c1-15-12(19)10-11(13(20)16-2)18-14(21)17-8-6-4-5-7-9-25-26(22,23)24-3/h11H,4-10H2,1-3H3,(H,15,19)(H,16,20)(H,22,23)(H2,17,18,21). The van der Waals surface area contributed by atoms with Gasteiger partial charge in [-0.2, -0.15) is 0 Å². The maximum Gasteiger partial charge on any atom is 0.471 e. The minimum absolute atomic E-state index is 0.114. The van der Waals surface area contributed by atoms with Crippen LogP contribution in [0.25, 0.3) is 0 Å². The Hall–Kier alpha value is -1.68. The van der Waals surface area contributed by atoms with E-state index in [-0.39, 0.29) is 18.9 Å². The molecule has 2 unspecified atom stereocenters. The third-order valence-electron chi connectivity index (χ3n) is 3.38. The van der Waals surface area contributed by atoms with Crippen LogP contribution in [0, 0.1) is 0 Å². The van der Waals surface area contributed by atoms with E-state index in [1.165, 1.54) is 14.1 Å². The first-order valence-corrected chi connectivity index (χ1v) is 9.75. The van der Waals surface area contributed by atoms with Crippen molar-refractivity contribution < 1.29 is 32.9 Å². The molecular formula is C14H29N4O7P. The molecule has 5 N–H and O–H groups in total. The number of unbranched alkanes of at least 4 members (excludes halogenated alkanes) is 3. The number of nitrogens with one attached hydrogen (secondary N) is 4. The molecule has 0 aromatic carbocycles. The molecule has 0 rings (SSSR count). The number of hydrogen-bond acceptors (Lipinski definition) is 6. The summed E-state index contributed by atoms with van der Waals surface area (Å²) in [5.74, 6) is -0.817. The average Bonchev–Trinajstić information content (AvgIpc) is 2.62. The summed E-state index contributed by atoms with van der Waals surface area (Å²) in [5.41, 5.74) is 0. The second-order valence-electron chi connectivity index (χ2n) is 5.34. The third-order valence-corrected chi connectivity index (χ3v) is 4.35. The van der Waals surface area contributed by atoms with E-state index >= 15 is 0 Å². The summed E-state index contributed by atoms with van der Waals surface area (Å²) in [6.45, 7) is 0.506. The van der Waals surface area contributed by atoms with Crippen molar-refractivity contribution >= 4 is 25.7 Å². The fraction of sp³-hybridized carbons (Fsp3) is 0.786. The van der Waals surface area contributed by atoms with Crippen LogP contribution in [0.4, 0.5) is 4.79 Å². The lowest BCUT2D eigenvalue weighted by Gasteiger charge is -2.17. The van der Waals surface area contributed by atoms with Crippen LogP contribution in [-0.4, -0.2) is 63.1 Å². The van der Waals surface area contributed by atoms with Gasteiger partial charge in [-0.1, -0.05) is 12.8 Å². The SMILES string of the molecule is CNC(=O)CC(NC(=O)NCCCCCCOP(=O)(O)OC)C(=O)NC. The normalized spacial score (nSPS) is 14.0. The van der Waals surface area contributed by atoms with Crippen molar-refractivity contribution in [1.82, 2.24) is 21.3 Å². The van der Waals surface area contributed by atoms with Crippen molar-refractivity contribution in [1.29, 1.82) is 0 Å². The van der Waals surface area contributed by atoms with Gasteiger partial charge in [0.05, 0.1) is 13.0 Å². The van der Waals surface area contributed by atoms with E-state index < -0.39 is 25.8 Å². The molecule has 0 aliphatic rings. The molecule has 0 aliphatic carbocycles. The fourth-order valence-corrected chi connectivity index (χ4v) is 2.36. The topological polar surface area (TPSA) is 155 Å².